The van der Waals surface area contributed by atoms with Crippen LogP contribution in [0.2, 0.25) is 0 Å². The molecule has 55 heavy (non-hydrogen) atoms. The number of thiophene rings is 1. The van der Waals surface area contributed by atoms with Crippen molar-refractivity contribution in [1.82, 2.24) is 0 Å². The molecule has 0 aliphatic heterocycles. The zero-order valence-corrected chi connectivity index (χ0v) is 35.0. The minimum Gasteiger partial charge on any atom is -0.355 e. The number of anilines is 4. The van der Waals surface area contributed by atoms with Crippen LogP contribution in [0.3, 0.4) is 0 Å². The van der Waals surface area contributed by atoms with Crippen LogP contribution in [0.5, 0.6) is 0 Å². The van der Waals surface area contributed by atoms with Crippen LogP contribution in [-0.4, -0.2) is 0 Å². The summed E-state index contributed by atoms with van der Waals surface area (Å²) in [4.78, 5) is 0. The van der Waals surface area contributed by atoms with Gasteiger partial charge in [-0.25, -0.2) is 0 Å². The first-order chi connectivity index (χ1) is 26.4. The van der Waals surface area contributed by atoms with Gasteiger partial charge in [0, 0.05) is 48.4 Å². The summed E-state index contributed by atoms with van der Waals surface area (Å²) in [5, 5.41) is 11.0. The molecule has 0 saturated heterocycles. The van der Waals surface area contributed by atoms with Crippen molar-refractivity contribution in [3.63, 3.8) is 0 Å². The van der Waals surface area contributed by atoms with Gasteiger partial charge in [0.25, 0.3) is 0 Å². The Morgan fingerprint density at radius 3 is 1.58 bits per heavy atom. The number of hydrogen-bond acceptors (Lipinski definition) is 3. The molecule has 0 aliphatic carbocycles. The van der Waals surface area contributed by atoms with E-state index >= 15 is 0 Å². The van der Waals surface area contributed by atoms with E-state index < -0.39 is 0 Å². The summed E-state index contributed by atoms with van der Waals surface area (Å²) in [6.07, 6.45) is 6.79. The highest BCUT2D eigenvalue weighted by molar-refractivity contribution is 7.26. The Kier molecular flexibility index (Phi) is 11.2. The van der Waals surface area contributed by atoms with E-state index in [4.69, 9.17) is 0 Å². The fraction of sp³-hybridized carbons (Fsp3) is 0.308. The topological polar surface area (TPSA) is 24.1 Å². The molecule has 0 unspecified atom stereocenters. The van der Waals surface area contributed by atoms with Crippen LogP contribution in [-0.2, 0) is 23.7 Å². The summed E-state index contributed by atoms with van der Waals surface area (Å²) in [6, 6.07) is 45.1. The quantitative estimate of drug-likeness (QED) is 0.130. The number of nitrogens with one attached hydrogen (secondary N) is 2. The van der Waals surface area contributed by atoms with Crippen LogP contribution in [0, 0.1) is 0 Å². The van der Waals surface area contributed by atoms with Crippen molar-refractivity contribution in [3.05, 3.63) is 144 Å². The molecule has 1 heterocycles. The predicted molar refractivity (Wildman–Crippen MR) is 244 cm³/mol. The van der Waals surface area contributed by atoms with Crippen LogP contribution in [0.1, 0.15) is 103 Å². The van der Waals surface area contributed by atoms with Crippen LogP contribution in [0.15, 0.2) is 121 Å². The number of fused-ring (bicyclic) bond motifs is 3. The molecule has 0 fully saturated rings. The Bertz CT molecular complexity index is 2340. The molecule has 0 aliphatic rings. The van der Waals surface area contributed by atoms with Gasteiger partial charge in [-0.1, -0.05) is 147 Å². The monoisotopic (exact) mass is 742 g/mol. The number of benzene rings is 6. The molecular weight excluding hydrogens is 685 g/mol. The van der Waals surface area contributed by atoms with E-state index in [1.54, 1.807) is 0 Å². The fourth-order valence-electron chi connectivity index (χ4n) is 7.69. The van der Waals surface area contributed by atoms with E-state index in [2.05, 4.69) is 187 Å². The van der Waals surface area contributed by atoms with E-state index in [1.807, 2.05) is 11.3 Å². The van der Waals surface area contributed by atoms with Gasteiger partial charge in [-0.05, 0) is 112 Å². The lowest BCUT2D eigenvalue weighted by molar-refractivity contribution is 0.590. The molecular formula is C52H58N2S. The molecule has 7 aromatic rings. The van der Waals surface area contributed by atoms with Crippen LogP contribution in [0.25, 0.3) is 42.4 Å². The first-order valence-electron chi connectivity index (χ1n) is 20.4. The SMILES string of the molecule is CCCCc1cc2c(sc3ccccc32)c(CCCC)c1Nc1cc(Nc2c(-c3ccccc3)cc(C(C)(C)C)cc2-c2ccccc2)cc(C(C)(C)C)c1. The highest BCUT2D eigenvalue weighted by atomic mass is 32.1. The van der Waals surface area contributed by atoms with E-state index in [9.17, 15) is 0 Å². The molecule has 0 spiro atoms. The molecule has 0 atom stereocenters. The molecule has 0 radical (unpaired) electrons. The van der Waals surface area contributed by atoms with Crippen molar-refractivity contribution in [3.8, 4) is 22.3 Å². The molecule has 3 heteroatoms. The lowest BCUT2D eigenvalue weighted by atomic mass is 9.82. The lowest BCUT2D eigenvalue weighted by Crippen LogP contribution is -2.13. The molecule has 2 N–H and O–H groups in total. The summed E-state index contributed by atoms with van der Waals surface area (Å²) in [7, 11) is 0. The van der Waals surface area contributed by atoms with Gasteiger partial charge in [-0.15, -0.1) is 11.3 Å². The average molecular weight is 743 g/mol. The maximum absolute atomic E-state index is 4.12. The van der Waals surface area contributed by atoms with E-state index in [0.717, 1.165) is 29.9 Å². The van der Waals surface area contributed by atoms with Crippen molar-refractivity contribution < 1.29 is 0 Å². The summed E-state index contributed by atoms with van der Waals surface area (Å²) >= 11 is 1.96. The number of unbranched alkanes of at least 4 members (excludes halogenated alkanes) is 2. The largest absolute Gasteiger partial charge is 0.355 e. The van der Waals surface area contributed by atoms with Gasteiger partial charge in [-0.3, -0.25) is 0 Å². The fourth-order valence-corrected chi connectivity index (χ4v) is 8.95. The predicted octanol–water partition coefficient (Wildman–Crippen LogP) is 16.2. The highest BCUT2D eigenvalue weighted by Crippen LogP contribution is 2.45. The summed E-state index contributed by atoms with van der Waals surface area (Å²) in [5.74, 6) is 0. The third-order valence-electron chi connectivity index (χ3n) is 10.9. The average Bonchev–Trinajstić information content (AvgIpc) is 3.54. The van der Waals surface area contributed by atoms with Gasteiger partial charge < -0.3 is 10.6 Å². The molecule has 2 nitrogen and oxygen atoms in total. The first-order valence-corrected chi connectivity index (χ1v) is 21.2. The van der Waals surface area contributed by atoms with Crippen LogP contribution < -0.4 is 10.6 Å². The van der Waals surface area contributed by atoms with E-state index in [0.29, 0.717) is 0 Å². The van der Waals surface area contributed by atoms with Gasteiger partial charge in [0.1, 0.15) is 0 Å². The zero-order valence-electron chi connectivity index (χ0n) is 34.2. The minimum absolute atomic E-state index is 0.0185. The standard InChI is InChI=1S/C52H58N2S/c1-9-11-21-37-29-46-42-27-19-20-28-47(42)55-50(46)43(26-12-10-2)48(37)53-40-30-38(51(3,4)5)31-41(34-40)54-49-44(35-22-15-13-16-23-35)32-39(52(6,7)8)33-45(49)36-24-17-14-18-25-36/h13-20,22-25,27-34,53-54H,9-12,21,26H2,1-8H3. The maximum Gasteiger partial charge on any atom is 0.0543 e. The smallest absolute Gasteiger partial charge is 0.0543 e. The second-order valence-corrected chi connectivity index (χ2v) is 18.4. The summed E-state index contributed by atoms with van der Waals surface area (Å²) in [6.45, 7) is 18.5. The molecule has 0 amide bonds. The van der Waals surface area contributed by atoms with Crippen molar-refractivity contribution in [2.45, 2.75) is 105 Å². The molecule has 7 rings (SSSR count). The zero-order chi connectivity index (χ0) is 38.7. The Morgan fingerprint density at radius 2 is 1.02 bits per heavy atom. The third-order valence-corrected chi connectivity index (χ3v) is 12.2. The van der Waals surface area contributed by atoms with Crippen molar-refractivity contribution in [1.29, 1.82) is 0 Å². The number of rotatable bonds is 12. The Labute approximate surface area is 334 Å². The van der Waals surface area contributed by atoms with Gasteiger partial charge >= 0.3 is 0 Å². The molecule has 1 aromatic heterocycles. The lowest BCUT2D eigenvalue weighted by Gasteiger charge is -2.27. The third kappa shape index (κ3) is 8.38. The van der Waals surface area contributed by atoms with Gasteiger partial charge in [-0.2, -0.15) is 0 Å². The minimum atomic E-state index is -0.0553. The summed E-state index contributed by atoms with van der Waals surface area (Å²) in [5.41, 5.74) is 14.9. The normalized spacial score (nSPS) is 12.1. The Balaban J connectivity index is 1.43. The summed E-state index contributed by atoms with van der Waals surface area (Å²) < 4.78 is 2.80. The van der Waals surface area contributed by atoms with Crippen LogP contribution >= 0.6 is 11.3 Å². The van der Waals surface area contributed by atoms with Gasteiger partial charge in [0.15, 0.2) is 0 Å². The van der Waals surface area contributed by atoms with E-state index in [-0.39, 0.29) is 10.8 Å². The highest BCUT2D eigenvalue weighted by Gasteiger charge is 2.23. The van der Waals surface area contributed by atoms with Crippen LogP contribution in [0.4, 0.5) is 22.7 Å². The molecule has 0 saturated carbocycles. The van der Waals surface area contributed by atoms with Gasteiger partial charge in [0.2, 0.25) is 0 Å². The van der Waals surface area contributed by atoms with Gasteiger partial charge in [0.05, 0.1) is 5.69 Å². The Hall–Kier alpha value is -4.86. The number of hydrogen-bond donors (Lipinski definition) is 2. The molecule has 0 bridgehead atoms. The van der Waals surface area contributed by atoms with E-state index in [1.165, 1.54) is 96.1 Å². The maximum atomic E-state index is 4.12. The Morgan fingerprint density at radius 1 is 0.509 bits per heavy atom. The molecule has 6 aromatic carbocycles. The number of aryl methyl sites for hydroxylation is 2. The molecule has 282 valence electrons. The first kappa shape index (κ1) is 38.4. The van der Waals surface area contributed by atoms with Crippen molar-refractivity contribution in [2.24, 2.45) is 0 Å². The second-order valence-electron chi connectivity index (χ2n) is 17.3. The van der Waals surface area contributed by atoms with Crippen molar-refractivity contribution >= 4 is 54.3 Å². The van der Waals surface area contributed by atoms with Crippen molar-refractivity contribution in [2.75, 3.05) is 10.6 Å². The second kappa shape index (κ2) is 16.1.